The van der Waals surface area contributed by atoms with Crippen molar-refractivity contribution in [3.05, 3.63) is 29.6 Å². The third-order valence-electron chi connectivity index (χ3n) is 2.32. The summed E-state index contributed by atoms with van der Waals surface area (Å²) >= 11 is 0. The number of hydrogen-bond donors (Lipinski definition) is 2. The predicted octanol–water partition coefficient (Wildman–Crippen LogP) is 1.15. The second-order valence-electron chi connectivity index (χ2n) is 4.07. The molecule has 0 aromatic heterocycles. The highest BCUT2D eigenvalue weighted by molar-refractivity contribution is 7.89. The van der Waals surface area contributed by atoms with Crippen molar-refractivity contribution in [1.82, 2.24) is 4.72 Å². The lowest BCUT2D eigenvalue weighted by Gasteiger charge is -2.10. The van der Waals surface area contributed by atoms with Gasteiger partial charge in [0.2, 0.25) is 10.0 Å². The van der Waals surface area contributed by atoms with E-state index in [2.05, 4.69) is 4.72 Å². The van der Waals surface area contributed by atoms with Gasteiger partial charge in [-0.3, -0.25) is 0 Å². The summed E-state index contributed by atoms with van der Waals surface area (Å²) in [4.78, 5) is 0.101. The maximum Gasteiger partial charge on any atom is 0.240 e. The number of nitrogens with one attached hydrogen (secondary N) is 1. The van der Waals surface area contributed by atoms with Gasteiger partial charge in [0.25, 0.3) is 0 Å². The van der Waals surface area contributed by atoms with E-state index in [0.29, 0.717) is 12.0 Å². The van der Waals surface area contributed by atoms with E-state index in [9.17, 15) is 12.8 Å². The molecule has 0 heterocycles. The van der Waals surface area contributed by atoms with Gasteiger partial charge in [0.15, 0.2) is 0 Å². The molecule has 0 radical (unpaired) electrons. The normalized spacial score (nSPS) is 13.6. The summed E-state index contributed by atoms with van der Waals surface area (Å²) in [6, 6.07) is 3.53. The van der Waals surface area contributed by atoms with Crippen LogP contribution in [0.4, 0.5) is 4.39 Å². The Morgan fingerprint density at radius 3 is 2.65 bits per heavy atom. The van der Waals surface area contributed by atoms with Crippen LogP contribution < -0.4 is 10.5 Å². The zero-order valence-corrected chi connectivity index (χ0v) is 10.7. The van der Waals surface area contributed by atoms with Crippen LogP contribution in [0.25, 0.3) is 0 Å². The minimum absolute atomic E-state index is 0.0629. The molecule has 1 unspecified atom stereocenters. The Labute approximate surface area is 101 Å². The maximum absolute atomic E-state index is 12.9. The highest BCUT2D eigenvalue weighted by Gasteiger charge is 2.16. The quantitative estimate of drug-likeness (QED) is 0.834. The zero-order chi connectivity index (χ0) is 13.1. The maximum atomic E-state index is 12.9. The smallest absolute Gasteiger partial charge is 0.240 e. The Hall–Kier alpha value is -0.980. The van der Waals surface area contributed by atoms with Crippen molar-refractivity contribution in [1.29, 1.82) is 0 Å². The molecule has 0 bridgehead atoms. The molecule has 96 valence electrons. The Kier molecular flexibility index (Phi) is 4.62. The van der Waals surface area contributed by atoms with Crippen LogP contribution in [0.3, 0.4) is 0 Å². The number of rotatable bonds is 5. The van der Waals surface area contributed by atoms with Gasteiger partial charge in [-0.2, -0.15) is 0 Å². The second kappa shape index (κ2) is 5.57. The third kappa shape index (κ3) is 4.07. The van der Waals surface area contributed by atoms with E-state index in [1.54, 1.807) is 13.8 Å². The van der Waals surface area contributed by atoms with Crippen LogP contribution in [-0.4, -0.2) is 21.0 Å². The molecule has 0 amide bonds. The minimum atomic E-state index is -3.58. The lowest BCUT2D eigenvalue weighted by atomic mass is 10.2. The first-order valence-electron chi connectivity index (χ1n) is 5.34. The van der Waals surface area contributed by atoms with Crippen LogP contribution in [0.1, 0.15) is 18.9 Å². The van der Waals surface area contributed by atoms with E-state index in [1.165, 1.54) is 12.1 Å². The van der Waals surface area contributed by atoms with Crippen LogP contribution in [0.5, 0.6) is 0 Å². The van der Waals surface area contributed by atoms with Gasteiger partial charge < -0.3 is 5.73 Å². The van der Waals surface area contributed by atoms with E-state index in [4.69, 9.17) is 5.73 Å². The fourth-order valence-electron chi connectivity index (χ4n) is 1.41. The Morgan fingerprint density at radius 2 is 2.12 bits per heavy atom. The average molecular weight is 260 g/mol. The highest BCUT2D eigenvalue weighted by Crippen LogP contribution is 2.15. The summed E-state index contributed by atoms with van der Waals surface area (Å²) in [6.45, 7) is 3.64. The number of benzene rings is 1. The molecule has 0 spiro atoms. The van der Waals surface area contributed by atoms with Crippen molar-refractivity contribution in [3.8, 4) is 0 Å². The summed E-state index contributed by atoms with van der Waals surface area (Å²) < 4.78 is 39.0. The van der Waals surface area contributed by atoms with E-state index in [0.717, 1.165) is 6.07 Å². The molecule has 1 aromatic carbocycles. The number of sulfonamides is 1. The van der Waals surface area contributed by atoms with Crippen molar-refractivity contribution in [2.45, 2.75) is 31.2 Å². The van der Waals surface area contributed by atoms with E-state index < -0.39 is 15.8 Å². The van der Waals surface area contributed by atoms with Gasteiger partial charge in [0.05, 0.1) is 4.90 Å². The monoisotopic (exact) mass is 260 g/mol. The van der Waals surface area contributed by atoms with Gasteiger partial charge >= 0.3 is 0 Å². The number of hydrogen-bond acceptors (Lipinski definition) is 3. The summed E-state index contributed by atoms with van der Waals surface area (Å²) in [5, 5.41) is 0. The van der Waals surface area contributed by atoms with Gasteiger partial charge in [0, 0.05) is 12.6 Å². The molecule has 0 aliphatic rings. The molecule has 0 fully saturated rings. The van der Waals surface area contributed by atoms with Crippen LogP contribution in [0, 0.1) is 12.7 Å². The Balaban J connectivity index is 2.83. The van der Waals surface area contributed by atoms with Gasteiger partial charge in [-0.05, 0) is 44.0 Å². The molecule has 3 N–H and O–H groups in total. The van der Waals surface area contributed by atoms with Crippen LogP contribution in [-0.2, 0) is 10.0 Å². The summed E-state index contributed by atoms with van der Waals surface area (Å²) in [7, 11) is -3.58. The Morgan fingerprint density at radius 1 is 1.47 bits per heavy atom. The molecule has 1 aromatic rings. The lowest BCUT2D eigenvalue weighted by molar-refractivity contribution is 0.570. The van der Waals surface area contributed by atoms with Gasteiger partial charge in [0.1, 0.15) is 5.82 Å². The second-order valence-corrected chi connectivity index (χ2v) is 5.81. The SMILES string of the molecule is Cc1cc(F)ccc1S(=O)(=O)NCCC(C)N. The predicted molar refractivity (Wildman–Crippen MR) is 64.6 cm³/mol. The van der Waals surface area contributed by atoms with Crippen molar-refractivity contribution < 1.29 is 12.8 Å². The topological polar surface area (TPSA) is 72.2 Å². The fraction of sp³-hybridized carbons (Fsp3) is 0.455. The first-order chi connectivity index (χ1) is 7.83. The third-order valence-corrected chi connectivity index (χ3v) is 3.94. The number of aryl methyl sites for hydroxylation is 1. The summed E-state index contributed by atoms with van der Waals surface area (Å²) in [6.07, 6.45) is 0.555. The number of halogens is 1. The molecule has 0 saturated carbocycles. The minimum Gasteiger partial charge on any atom is -0.328 e. The molecule has 6 heteroatoms. The lowest BCUT2D eigenvalue weighted by Crippen LogP contribution is -2.29. The Bertz CT molecular complexity index is 486. The molecule has 0 aliphatic heterocycles. The highest BCUT2D eigenvalue weighted by atomic mass is 32.2. The number of nitrogens with two attached hydrogens (primary N) is 1. The van der Waals surface area contributed by atoms with E-state index >= 15 is 0 Å². The van der Waals surface area contributed by atoms with Crippen molar-refractivity contribution in [2.24, 2.45) is 5.73 Å². The molecule has 0 aliphatic carbocycles. The molecule has 4 nitrogen and oxygen atoms in total. The fourth-order valence-corrected chi connectivity index (χ4v) is 2.69. The molecule has 17 heavy (non-hydrogen) atoms. The molecular formula is C11H17FN2O2S. The summed E-state index contributed by atoms with van der Waals surface area (Å²) in [5.41, 5.74) is 5.91. The van der Waals surface area contributed by atoms with Crippen LogP contribution in [0.15, 0.2) is 23.1 Å². The molecule has 1 rings (SSSR count). The first kappa shape index (κ1) is 14.1. The molecule has 0 saturated heterocycles. The first-order valence-corrected chi connectivity index (χ1v) is 6.82. The van der Waals surface area contributed by atoms with Crippen molar-refractivity contribution in [3.63, 3.8) is 0 Å². The van der Waals surface area contributed by atoms with Gasteiger partial charge in [-0.25, -0.2) is 17.5 Å². The largest absolute Gasteiger partial charge is 0.328 e. The van der Waals surface area contributed by atoms with Crippen molar-refractivity contribution in [2.75, 3.05) is 6.54 Å². The average Bonchev–Trinajstić information content (AvgIpc) is 2.15. The summed E-state index contributed by atoms with van der Waals surface area (Å²) in [5.74, 6) is -0.447. The van der Waals surface area contributed by atoms with Gasteiger partial charge in [-0.1, -0.05) is 0 Å². The van der Waals surface area contributed by atoms with E-state index in [1.807, 2.05) is 0 Å². The van der Waals surface area contributed by atoms with E-state index in [-0.39, 0.29) is 17.5 Å². The zero-order valence-electron chi connectivity index (χ0n) is 9.90. The van der Waals surface area contributed by atoms with Crippen molar-refractivity contribution >= 4 is 10.0 Å². The van der Waals surface area contributed by atoms with Gasteiger partial charge in [-0.15, -0.1) is 0 Å². The molecular weight excluding hydrogens is 243 g/mol. The van der Waals surface area contributed by atoms with Crippen LogP contribution in [0.2, 0.25) is 0 Å². The molecule has 1 atom stereocenters. The van der Waals surface area contributed by atoms with Crippen LogP contribution >= 0.6 is 0 Å². The standard InChI is InChI=1S/C11H17FN2O2S/c1-8-7-10(12)3-4-11(8)17(15,16)14-6-5-9(2)13/h3-4,7,9,14H,5-6,13H2,1-2H3.